The number of nitrogens with one attached hydrogen (secondary N) is 2. The quantitative estimate of drug-likeness (QED) is 0.212. The molecule has 1 saturated carbocycles. The summed E-state index contributed by atoms with van der Waals surface area (Å²) < 4.78 is 5.67. The topological polar surface area (TPSA) is 125 Å². The van der Waals surface area contributed by atoms with Crippen LogP contribution in [0.4, 0.5) is 5.69 Å². The fourth-order valence-corrected chi connectivity index (χ4v) is 2.77. The van der Waals surface area contributed by atoms with Crippen LogP contribution in [0.25, 0.3) is 0 Å². The molecule has 1 fully saturated rings. The number of hydrogen-bond donors (Lipinski definition) is 6. The Labute approximate surface area is 158 Å². The summed E-state index contributed by atoms with van der Waals surface area (Å²) in [7, 11) is 1.65. The first-order valence-electron chi connectivity index (χ1n) is 8.47. The van der Waals surface area contributed by atoms with E-state index in [0.717, 1.165) is 19.3 Å². The Morgan fingerprint density at radius 1 is 1.46 bits per heavy atom. The van der Waals surface area contributed by atoms with Crippen molar-refractivity contribution in [3.05, 3.63) is 34.4 Å². The summed E-state index contributed by atoms with van der Waals surface area (Å²) in [4.78, 5) is 16.2. The third kappa shape index (κ3) is 4.50. The average molecular weight is 380 g/mol. The highest BCUT2D eigenvalue weighted by molar-refractivity contribution is 7.84. The minimum atomic E-state index is -0.535. The highest BCUT2D eigenvalue weighted by Gasteiger charge is 2.40. The number of anilines is 1. The largest absolute Gasteiger partial charge is 0.488 e. The number of benzene rings is 1. The summed E-state index contributed by atoms with van der Waals surface area (Å²) in [5.74, 6) is 0.237. The second-order valence-corrected chi connectivity index (χ2v) is 7.08. The zero-order valence-electron chi connectivity index (χ0n) is 15.1. The Bertz CT molecular complexity index is 732. The number of carbonyl (C=O) groups is 1. The summed E-state index contributed by atoms with van der Waals surface area (Å²) in [5.41, 5.74) is 13.1. The van der Waals surface area contributed by atoms with Gasteiger partial charge in [0.1, 0.15) is 19.4 Å². The number of aliphatic hydroxyl groups excluding tert-OH is 1. The number of amides is 1. The molecular formula is C18H27N4O3S+. The highest BCUT2D eigenvalue weighted by Crippen LogP contribution is 2.31. The molecule has 0 saturated heterocycles. The van der Waals surface area contributed by atoms with Crippen LogP contribution in [-0.2, 0) is 4.79 Å². The van der Waals surface area contributed by atoms with Crippen LogP contribution in [0.2, 0.25) is 0 Å². The van der Waals surface area contributed by atoms with Gasteiger partial charge in [-0.05, 0) is 44.4 Å². The molecule has 8 heteroatoms. The fourth-order valence-electron chi connectivity index (χ4n) is 2.71. The molecule has 1 aliphatic rings. The maximum absolute atomic E-state index is 12.7. The zero-order chi connectivity index (χ0) is 19.3. The van der Waals surface area contributed by atoms with Crippen molar-refractivity contribution in [3.63, 3.8) is 0 Å². The first-order valence-corrected chi connectivity index (χ1v) is 8.91. The molecule has 0 bridgehead atoms. The summed E-state index contributed by atoms with van der Waals surface area (Å²) in [6.45, 7) is 1.89. The molecule has 1 amide bonds. The molecular weight excluding hydrogens is 352 g/mol. The van der Waals surface area contributed by atoms with Gasteiger partial charge >= 0.3 is 5.91 Å². The van der Waals surface area contributed by atoms with Crippen molar-refractivity contribution in [1.29, 1.82) is 0 Å². The molecule has 0 spiro atoms. The lowest BCUT2D eigenvalue weighted by molar-refractivity contribution is -0.418. The Balaban J connectivity index is 2.20. The predicted molar refractivity (Wildman–Crippen MR) is 105 cm³/mol. The molecule has 7 N–H and O–H groups in total. The average Bonchev–Trinajstić information content (AvgIpc) is 2.58. The van der Waals surface area contributed by atoms with Crippen molar-refractivity contribution < 1.29 is 19.6 Å². The normalized spacial score (nSPS) is 17.2. The number of nitrogen functional groups attached to an aromatic ring is 1. The number of nitrogens with two attached hydrogens (primary N) is 2. The van der Waals surface area contributed by atoms with Crippen LogP contribution in [0.5, 0.6) is 5.75 Å². The first kappa shape index (κ1) is 20.1. The number of rotatable bonds is 7. The zero-order valence-corrected chi connectivity index (χ0v) is 16.0. The van der Waals surface area contributed by atoms with Gasteiger partial charge in [-0.3, -0.25) is 4.79 Å². The van der Waals surface area contributed by atoms with Gasteiger partial charge in [0.05, 0.1) is 17.7 Å². The van der Waals surface area contributed by atoms with Crippen molar-refractivity contribution in [2.75, 3.05) is 26.0 Å². The molecule has 2 rings (SSSR count). The van der Waals surface area contributed by atoms with E-state index in [4.69, 9.17) is 16.2 Å². The van der Waals surface area contributed by atoms with Crippen LogP contribution in [0, 0.1) is 0 Å². The van der Waals surface area contributed by atoms with Crippen molar-refractivity contribution in [2.24, 2.45) is 5.73 Å². The second kappa shape index (κ2) is 8.46. The minimum Gasteiger partial charge on any atom is -0.488 e. The van der Waals surface area contributed by atoms with Crippen molar-refractivity contribution >= 4 is 29.9 Å². The molecule has 7 nitrogen and oxygen atoms in total. The molecule has 0 radical (unpaired) electrons. The highest BCUT2D eigenvalue weighted by atomic mass is 32.1. The van der Waals surface area contributed by atoms with E-state index in [1.54, 1.807) is 32.2 Å². The molecule has 1 aromatic rings. The van der Waals surface area contributed by atoms with E-state index in [9.17, 15) is 9.90 Å². The SMILES string of the molecule is C[NH+]=C(C(=O)NC1(CO)CCC1)c1cc(OC/C(S)=C(\C)N)ccc1N. The molecule has 1 aliphatic carbocycles. The molecule has 142 valence electrons. The van der Waals surface area contributed by atoms with Crippen LogP contribution in [-0.4, -0.2) is 42.5 Å². The Morgan fingerprint density at radius 3 is 2.65 bits per heavy atom. The number of aliphatic hydroxyl groups is 1. The molecule has 0 aromatic heterocycles. The lowest BCUT2D eigenvalue weighted by atomic mass is 9.77. The molecule has 0 unspecified atom stereocenters. The molecule has 0 heterocycles. The van der Waals surface area contributed by atoms with Crippen molar-refractivity contribution in [1.82, 2.24) is 5.32 Å². The minimum absolute atomic E-state index is 0.0795. The Morgan fingerprint density at radius 2 is 2.15 bits per heavy atom. The Kier molecular flexibility index (Phi) is 6.55. The van der Waals surface area contributed by atoms with E-state index in [-0.39, 0.29) is 19.1 Å². The fraction of sp³-hybridized carbons (Fsp3) is 0.444. The smallest absolute Gasteiger partial charge is 0.316 e. The van der Waals surface area contributed by atoms with E-state index in [1.807, 2.05) is 0 Å². The van der Waals surface area contributed by atoms with Crippen LogP contribution >= 0.6 is 12.6 Å². The molecule has 0 aliphatic heterocycles. The van der Waals surface area contributed by atoms with E-state index in [1.165, 1.54) is 0 Å². The number of allylic oxidation sites excluding steroid dienone is 1. The number of hydrogen-bond acceptors (Lipinski definition) is 6. The van der Waals surface area contributed by atoms with E-state index in [2.05, 4.69) is 22.9 Å². The van der Waals surface area contributed by atoms with Crippen LogP contribution in [0.15, 0.2) is 28.8 Å². The summed E-state index contributed by atoms with van der Waals surface area (Å²) >= 11 is 4.27. The lowest BCUT2D eigenvalue weighted by Gasteiger charge is -2.40. The van der Waals surface area contributed by atoms with Gasteiger partial charge in [-0.25, -0.2) is 4.99 Å². The monoisotopic (exact) mass is 379 g/mol. The lowest BCUT2D eigenvalue weighted by Crippen LogP contribution is -2.73. The van der Waals surface area contributed by atoms with Crippen LogP contribution in [0.3, 0.4) is 0 Å². The second-order valence-electron chi connectivity index (χ2n) is 6.54. The Hall–Kier alpha value is -2.19. The standard InChI is InChI=1S/C18H26N4O3S/c1-11(19)15(26)9-25-12-4-5-14(20)13(8-12)16(21-2)17(24)22-18(10-23)6-3-7-18/h4-5,8,23,26H,3,6-7,9-10,19-20H2,1-2H3,(H,22,24)/p+1/b15-11-,21-16?. The van der Waals surface area contributed by atoms with Gasteiger partial charge in [0.15, 0.2) is 0 Å². The van der Waals surface area contributed by atoms with E-state index in [0.29, 0.717) is 33.3 Å². The molecule has 1 aromatic carbocycles. The van der Waals surface area contributed by atoms with Gasteiger partial charge in [-0.15, -0.1) is 12.6 Å². The van der Waals surface area contributed by atoms with Gasteiger partial charge in [0.2, 0.25) is 0 Å². The maximum Gasteiger partial charge on any atom is 0.316 e. The van der Waals surface area contributed by atoms with Crippen LogP contribution in [0.1, 0.15) is 31.7 Å². The van der Waals surface area contributed by atoms with Gasteiger partial charge in [0, 0.05) is 16.3 Å². The molecule has 0 atom stereocenters. The number of carbonyl (C=O) groups excluding carboxylic acids is 1. The predicted octanol–water partition coefficient (Wildman–Crippen LogP) is -0.702. The third-order valence-electron chi connectivity index (χ3n) is 4.59. The summed E-state index contributed by atoms with van der Waals surface area (Å²) in [6, 6.07) is 5.09. The maximum atomic E-state index is 12.7. The van der Waals surface area contributed by atoms with Gasteiger partial charge < -0.3 is 26.6 Å². The third-order valence-corrected chi connectivity index (χ3v) is 5.08. The van der Waals surface area contributed by atoms with Gasteiger partial charge in [-0.2, -0.15) is 0 Å². The van der Waals surface area contributed by atoms with Gasteiger partial charge in [-0.1, -0.05) is 0 Å². The van der Waals surface area contributed by atoms with Crippen molar-refractivity contribution in [2.45, 2.75) is 31.7 Å². The summed E-state index contributed by atoms with van der Waals surface area (Å²) in [5, 5.41) is 12.5. The van der Waals surface area contributed by atoms with Crippen LogP contribution < -0.4 is 26.5 Å². The number of ether oxygens (including phenoxy) is 1. The van der Waals surface area contributed by atoms with E-state index >= 15 is 0 Å². The summed E-state index contributed by atoms with van der Waals surface area (Å²) in [6.07, 6.45) is 2.52. The molecule has 26 heavy (non-hydrogen) atoms. The first-order chi connectivity index (χ1) is 12.3. The van der Waals surface area contributed by atoms with Gasteiger partial charge in [0.25, 0.3) is 5.71 Å². The number of thiol groups is 1. The van der Waals surface area contributed by atoms with Crippen molar-refractivity contribution in [3.8, 4) is 5.75 Å². The van der Waals surface area contributed by atoms with E-state index < -0.39 is 5.54 Å².